The number of hydrogen-bond donors (Lipinski definition) is 0. The van der Waals surface area contributed by atoms with Crippen LogP contribution in [0.15, 0.2) is 29.4 Å². The number of fused-ring (bicyclic) bond motifs is 3. The summed E-state index contributed by atoms with van der Waals surface area (Å²) in [4.78, 5) is 26.2. The van der Waals surface area contributed by atoms with Gasteiger partial charge in [-0.25, -0.2) is 4.68 Å². The SMILES string of the molecule is COC(=O)Cc1nn(C)c2c1nnc1nc(SCc3ccc([N+](=O)[O-])cc3)nn12. The number of esters is 1. The van der Waals surface area contributed by atoms with Crippen LogP contribution in [-0.2, 0) is 28.8 Å². The zero-order valence-corrected chi connectivity index (χ0v) is 16.2. The zero-order valence-electron chi connectivity index (χ0n) is 15.3. The van der Waals surface area contributed by atoms with Crippen molar-refractivity contribution in [2.24, 2.45) is 7.05 Å². The maximum Gasteiger partial charge on any atom is 0.311 e. The second-order valence-corrected chi connectivity index (χ2v) is 6.96. The van der Waals surface area contributed by atoms with Crippen molar-refractivity contribution in [3.8, 4) is 0 Å². The third-order valence-electron chi connectivity index (χ3n) is 4.13. The smallest absolute Gasteiger partial charge is 0.311 e. The maximum atomic E-state index is 11.6. The van der Waals surface area contributed by atoms with Crippen LogP contribution in [0.4, 0.5) is 5.69 Å². The van der Waals surface area contributed by atoms with Crippen LogP contribution in [0.25, 0.3) is 16.9 Å². The molecule has 29 heavy (non-hydrogen) atoms. The van der Waals surface area contributed by atoms with Crippen LogP contribution in [-0.4, -0.2) is 52.6 Å². The molecule has 0 unspecified atom stereocenters. The minimum Gasteiger partial charge on any atom is -0.469 e. The number of methoxy groups -OCH3 is 1. The van der Waals surface area contributed by atoms with Gasteiger partial charge in [0.05, 0.1) is 18.5 Å². The topological polar surface area (TPSA) is 143 Å². The number of aryl methyl sites for hydroxylation is 1. The number of aromatic nitrogens is 7. The lowest BCUT2D eigenvalue weighted by molar-refractivity contribution is -0.384. The Labute approximate surface area is 167 Å². The molecule has 13 heteroatoms. The molecule has 3 heterocycles. The number of carbonyl (C=O) groups is 1. The third-order valence-corrected chi connectivity index (χ3v) is 5.04. The van der Waals surface area contributed by atoms with E-state index in [0.29, 0.717) is 33.5 Å². The van der Waals surface area contributed by atoms with Gasteiger partial charge in [-0.3, -0.25) is 14.9 Å². The average Bonchev–Trinajstić information content (AvgIpc) is 3.27. The standard InChI is InChI=1S/C16H14N8O4S/c1-22-14-13(11(20-22)7-12(25)28-2)18-19-15-17-16(21-23(14)15)29-8-9-3-5-10(6-4-9)24(26)27/h3-6H,7-8H2,1-2H3. The van der Waals surface area contributed by atoms with E-state index in [4.69, 9.17) is 0 Å². The van der Waals surface area contributed by atoms with E-state index < -0.39 is 10.9 Å². The van der Waals surface area contributed by atoms with Crippen molar-refractivity contribution in [3.63, 3.8) is 0 Å². The van der Waals surface area contributed by atoms with Crippen LogP contribution in [0.2, 0.25) is 0 Å². The highest BCUT2D eigenvalue weighted by molar-refractivity contribution is 7.98. The minimum absolute atomic E-state index is 0.0233. The molecule has 4 aromatic rings. The molecule has 0 amide bonds. The van der Waals surface area contributed by atoms with E-state index in [9.17, 15) is 14.9 Å². The van der Waals surface area contributed by atoms with Crippen molar-refractivity contribution in [2.45, 2.75) is 17.3 Å². The Morgan fingerprint density at radius 2 is 2.00 bits per heavy atom. The summed E-state index contributed by atoms with van der Waals surface area (Å²) in [5.74, 6) is 0.408. The molecule has 4 rings (SSSR count). The summed E-state index contributed by atoms with van der Waals surface area (Å²) in [7, 11) is 3.03. The number of nitro benzene ring substituents is 1. The number of hydrogen-bond acceptors (Lipinski definition) is 10. The Kier molecular flexibility index (Phi) is 4.80. The molecule has 0 aliphatic rings. The van der Waals surface area contributed by atoms with Crippen molar-refractivity contribution in [1.29, 1.82) is 0 Å². The second kappa shape index (κ2) is 7.43. The van der Waals surface area contributed by atoms with Crippen LogP contribution in [0.1, 0.15) is 11.3 Å². The lowest BCUT2D eigenvalue weighted by Gasteiger charge is -1.98. The summed E-state index contributed by atoms with van der Waals surface area (Å²) in [5.41, 5.74) is 2.39. The Bertz CT molecular complexity index is 1230. The van der Waals surface area contributed by atoms with Gasteiger partial charge in [0.25, 0.3) is 11.5 Å². The van der Waals surface area contributed by atoms with Crippen molar-refractivity contribution >= 4 is 40.4 Å². The Morgan fingerprint density at radius 3 is 2.69 bits per heavy atom. The lowest BCUT2D eigenvalue weighted by atomic mass is 10.2. The van der Waals surface area contributed by atoms with E-state index in [2.05, 4.69) is 30.1 Å². The molecule has 0 aliphatic heterocycles. The molecule has 3 aromatic heterocycles. The van der Waals surface area contributed by atoms with Crippen molar-refractivity contribution in [3.05, 3.63) is 45.6 Å². The highest BCUT2D eigenvalue weighted by atomic mass is 32.2. The van der Waals surface area contributed by atoms with Crippen LogP contribution >= 0.6 is 11.8 Å². The normalized spacial score (nSPS) is 11.2. The first-order chi connectivity index (χ1) is 14.0. The maximum absolute atomic E-state index is 11.6. The van der Waals surface area contributed by atoms with Gasteiger partial charge in [0.2, 0.25) is 5.16 Å². The molecule has 1 aromatic carbocycles. The highest BCUT2D eigenvalue weighted by Crippen LogP contribution is 2.23. The van der Waals surface area contributed by atoms with Gasteiger partial charge in [0.15, 0.2) is 11.2 Å². The van der Waals surface area contributed by atoms with Gasteiger partial charge in [-0.15, -0.1) is 15.3 Å². The van der Waals surface area contributed by atoms with Crippen LogP contribution in [0, 0.1) is 10.1 Å². The Balaban J connectivity index is 1.61. The zero-order chi connectivity index (χ0) is 20.5. The fourth-order valence-corrected chi connectivity index (χ4v) is 3.51. The molecule has 0 bridgehead atoms. The molecule has 12 nitrogen and oxygen atoms in total. The molecule has 0 aliphatic carbocycles. The summed E-state index contributed by atoms with van der Waals surface area (Å²) in [6.07, 6.45) is -0.0233. The van der Waals surface area contributed by atoms with Gasteiger partial charge in [0.1, 0.15) is 5.69 Å². The first-order valence-electron chi connectivity index (χ1n) is 8.34. The summed E-state index contributed by atoms with van der Waals surface area (Å²) < 4.78 is 7.77. The van der Waals surface area contributed by atoms with Gasteiger partial charge in [-0.05, 0) is 5.56 Å². The Morgan fingerprint density at radius 1 is 1.24 bits per heavy atom. The first-order valence-corrected chi connectivity index (χ1v) is 9.33. The molecule has 0 spiro atoms. The number of thioether (sulfide) groups is 1. The van der Waals surface area contributed by atoms with E-state index >= 15 is 0 Å². The molecular formula is C16H14N8O4S. The van der Waals surface area contributed by atoms with Crippen LogP contribution < -0.4 is 0 Å². The molecule has 148 valence electrons. The summed E-state index contributed by atoms with van der Waals surface area (Å²) in [6, 6.07) is 6.30. The van der Waals surface area contributed by atoms with E-state index in [1.54, 1.807) is 23.9 Å². The van der Waals surface area contributed by atoms with Crippen molar-refractivity contribution in [1.82, 2.24) is 34.6 Å². The number of carbonyl (C=O) groups excluding carboxylic acids is 1. The number of benzene rings is 1. The molecule has 0 fully saturated rings. The number of non-ortho nitro benzene ring substituents is 1. The number of nitro groups is 1. The molecule has 0 saturated heterocycles. The summed E-state index contributed by atoms with van der Waals surface area (Å²) in [6.45, 7) is 0. The van der Waals surface area contributed by atoms with Gasteiger partial charge in [0, 0.05) is 24.9 Å². The van der Waals surface area contributed by atoms with E-state index in [1.165, 1.54) is 35.5 Å². The van der Waals surface area contributed by atoms with Crippen LogP contribution in [0.5, 0.6) is 0 Å². The first kappa shape index (κ1) is 18.7. The average molecular weight is 414 g/mol. The minimum atomic E-state index is -0.438. The third kappa shape index (κ3) is 3.59. The lowest BCUT2D eigenvalue weighted by Crippen LogP contribution is -2.06. The summed E-state index contributed by atoms with van der Waals surface area (Å²) in [5, 5.41) is 28.2. The quantitative estimate of drug-likeness (QED) is 0.196. The fraction of sp³-hybridized carbons (Fsp3) is 0.250. The number of ether oxygens (including phenoxy) is 1. The van der Waals surface area contributed by atoms with E-state index in [1.807, 2.05) is 0 Å². The summed E-state index contributed by atoms with van der Waals surface area (Å²) >= 11 is 1.36. The predicted molar refractivity (Wildman–Crippen MR) is 101 cm³/mol. The van der Waals surface area contributed by atoms with Gasteiger partial charge in [-0.1, -0.05) is 23.9 Å². The molecule has 0 atom stereocenters. The van der Waals surface area contributed by atoms with Crippen LogP contribution in [0.3, 0.4) is 0 Å². The largest absolute Gasteiger partial charge is 0.469 e. The molecular weight excluding hydrogens is 400 g/mol. The van der Waals surface area contributed by atoms with Gasteiger partial charge >= 0.3 is 5.97 Å². The number of rotatable bonds is 6. The fourth-order valence-electron chi connectivity index (χ4n) is 2.74. The monoisotopic (exact) mass is 414 g/mol. The number of nitrogens with zero attached hydrogens (tertiary/aromatic N) is 8. The highest BCUT2D eigenvalue weighted by Gasteiger charge is 2.19. The molecule has 0 radical (unpaired) electrons. The van der Waals surface area contributed by atoms with E-state index in [-0.39, 0.29) is 12.1 Å². The second-order valence-electron chi connectivity index (χ2n) is 6.01. The van der Waals surface area contributed by atoms with E-state index in [0.717, 1.165) is 5.56 Å². The Hall–Kier alpha value is -3.61. The van der Waals surface area contributed by atoms with Crippen molar-refractivity contribution < 1.29 is 14.5 Å². The molecule has 0 N–H and O–H groups in total. The predicted octanol–water partition coefficient (Wildman–Crippen LogP) is 1.32. The molecule has 0 saturated carbocycles. The van der Waals surface area contributed by atoms with Crippen molar-refractivity contribution in [2.75, 3.05) is 7.11 Å². The van der Waals surface area contributed by atoms with Gasteiger partial charge in [-0.2, -0.15) is 14.6 Å². The van der Waals surface area contributed by atoms with Gasteiger partial charge < -0.3 is 4.74 Å².